The first-order valence-corrected chi connectivity index (χ1v) is 10.6. The van der Waals surface area contributed by atoms with Crippen LogP contribution in [0.3, 0.4) is 0 Å². The van der Waals surface area contributed by atoms with Crippen molar-refractivity contribution in [2.45, 2.75) is 23.1 Å². The maximum atomic E-state index is 14.1. The molecule has 2 aromatic rings. The predicted molar refractivity (Wildman–Crippen MR) is 115 cm³/mol. The summed E-state index contributed by atoms with van der Waals surface area (Å²) in [7, 11) is 3.74. The number of nitrogens with zero attached hydrogens (tertiary/aromatic N) is 2. The summed E-state index contributed by atoms with van der Waals surface area (Å²) in [5.41, 5.74) is 0.850. The van der Waals surface area contributed by atoms with Gasteiger partial charge in [0.1, 0.15) is 11.6 Å². The Hall–Kier alpha value is -2.16. The van der Waals surface area contributed by atoms with E-state index in [-0.39, 0.29) is 30.3 Å². The van der Waals surface area contributed by atoms with Gasteiger partial charge in [0, 0.05) is 47.6 Å². The van der Waals surface area contributed by atoms with E-state index in [9.17, 15) is 18.4 Å². The summed E-state index contributed by atoms with van der Waals surface area (Å²) in [6.45, 7) is 0.928. The van der Waals surface area contributed by atoms with Crippen LogP contribution in [0, 0.1) is 11.6 Å². The topological polar surface area (TPSA) is 52.6 Å². The Morgan fingerprint density at radius 2 is 1.93 bits per heavy atom. The van der Waals surface area contributed by atoms with E-state index in [2.05, 4.69) is 5.32 Å². The third-order valence-electron chi connectivity index (χ3n) is 4.67. The van der Waals surface area contributed by atoms with Crippen LogP contribution in [-0.4, -0.2) is 54.0 Å². The number of amides is 2. The average molecular weight is 454 g/mol. The number of likely N-dealkylation sites (N-methyl/N-ethyl adjacent to an activating group) is 1. The van der Waals surface area contributed by atoms with Crippen molar-refractivity contribution in [3.63, 3.8) is 0 Å². The van der Waals surface area contributed by atoms with Crippen LogP contribution in [0.4, 0.5) is 14.5 Å². The van der Waals surface area contributed by atoms with Crippen molar-refractivity contribution in [3.05, 3.63) is 58.6 Å². The molecule has 5 nitrogen and oxygen atoms in total. The molecule has 9 heteroatoms. The summed E-state index contributed by atoms with van der Waals surface area (Å²) in [5, 5.41) is 2.69. The summed E-state index contributed by atoms with van der Waals surface area (Å²) in [5.74, 6) is -1.92. The number of fused-ring (bicyclic) bond motifs is 1. The van der Waals surface area contributed by atoms with Crippen molar-refractivity contribution in [3.8, 4) is 0 Å². The van der Waals surface area contributed by atoms with Gasteiger partial charge in [0.2, 0.25) is 11.8 Å². The number of hydrogen-bond donors (Lipinski definition) is 1. The number of nitrogens with one attached hydrogen (secondary N) is 1. The van der Waals surface area contributed by atoms with Crippen LogP contribution in [-0.2, 0) is 16.1 Å². The van der Waals surface area contributed by atoms with Crippen LogP contribution in [0.5, 0.6) is 0 Å². The number of halogens is 3. The Morgan fingerprint density at radius 3 is 2.63 bits per heavy atom. The van der Waals surface area contributed by atoms with E-state index >= 15 is 0 Å². The third kappa shape index (κ3) is 5.71. The van der Waals surface area contributed by atoms with Crippen molar-refractivity contribution in [2.24, 2.45) is 0 Å². The highest BCUT2D eigenvalue weighted by Gasteiger charge is 2.31. The van der Waals surface area contributed by atoms with Crippen LogP contribution in [0.25, 0.3) is 0 Å². The van der Waals surface area contributed by atoms with Gasteiger partial charge in [-0.3, -0.25) is 9.59 Å². The number of carbonyl (C=O) groups excluding carboxylic acids is 2. The van der Waals surface area contributed by atoms with Crippen LogP contribution in [0.2, 0.25) is 5.02 Å². The molecule has 1 atom stereocenters. The van der Waals surface area contributed by atoms with E-state index < -0.39 is 16.9 Å². The summed E-state index contributed by atoms with van der Waals surface area (Å²) >= 11 is 7.27. The second-order valence-corrected chi connectivity index (χ2v) is 8.98. The van der Waals surface area contributed by atoms with Gasteiger partial charge >= 0.3 is 0 Å². The number of hydrogen-bond acceptors (Lipinski definition) is 4. The summed E-state index contributed by atoms with van der Waals surface area (Å²) in [6.07, 6.45) is -0.0329. The Balaban J connectivity index is 1.73. The van der Waals surface area contributed by atoms with Crippen molar-refractivity contribution < 1.29 is 18.4 Å². The van der Waals surface area contributed by atoms with Crippen LogP contribution < -0.4 is 5.32 Å². The van der Waals surface area contributed by atoms with E-state index in [4.69, 9.17) is 11.6 Å². The number of rotatable bonds is 7. The molecule has 0 saturated heterocycles. The first-order chi connectivity index (χ1) is 14.2. The zero-order valence-corrected chi connectivity index (χ0v) is 18.2. The van der Waals surface area contributed by atoms with E-state index in [0.29, 0.717) is 23.8 Å². The van der Waals surface area contributed by atoms with E-state index in [1.54, 1.807) is 18.2 Å². The minimum absolute atomic E-state index is 0.00396. The molecule has 30 heavy (non-hydrogen) atoms. The van der Waals surface area contributed by atoms with Crippen molar-refractivity contribution in [1.82, 2.24) is 9.80 Å². The fourth-order valence-corrected chi connectivity index (χ4v) is 4.27. The molecule has 160 valence electrons. The molecule has 2 amide bonds. The molecule has 1 unspecified atom stereocenters. The van der Waals surface area contributed by atoms with Crippen LogP contribution >= 0.6 is 23.4 Å². The molecule has 0 aromatic heterocycles. The number of thioether (sulfide) groups is 1. The fourth-order valence-electron chi connectivity index (χ4n) is 3.01. The second-order valence-electron chi connectivity index (χ2n) is 7.29. The van der Waals surface area contributed by atoms with Gasteiger partial charge in [0.15, 0.2) is 0 Å². The van der Waals surface area contributed by atoms with Crippen LogP contribution in [0.1, 0.15) is 12.0 Å². The molecule has 0 bridgehead atoms. The SMILES string of the molecule is CN(C)CCN(Cc1ccc(F)cc1F)C(=O)CC1Sc2ccc(Cl)cc2NC1=O. The normalized spacial score (nSPS) is 15.7. The van der Waals surface area contributed by atoms with Crippen molar-refractivity contribution >= 4 is 40.9 Å². The lowest BCUT2D eigenvalue weighted by Gasteiger charge is -2.28. The summed E-state index contributed by atoms with van der Waals surface area (Å²) in [4.78, 5) is 29.7. The lowest BCUT2D eigenvalue weighted by molar-refractivity contribution is -0.133. The third-order valence-corrected chi connectivity index (χ3v) is 6.18. The first kappa shape index (κ1) is 22.5. The Labute approximate surface area is 183 Å². The van der Waals surface area contributed by atoms with Gasteiger partial charge in [-0.05, 0) is 38.4 Å². The molecule has 1 N–H and O–H groups in total. The second kappa shape index (κ2) is 9.76. The van der Waals surface area contributed by atoms with Crippen molar-refractivity contribution in [1.29, 1.82) is 0 Å². The lowest BCUT2D eigenvalue weighted by atomic mass is 10.1. The van der Waals surface area contributed by atoms with Gasteiger partial charge in [-0.25, -0.2) is 8.78 Å². The molecule has 2 aromatic carbocycles. The highest BCUT2D eigenvalue weighted by Crippen LogP contribution is 2.38. The van der Waals surface area contributed by atoms with Gasteiger partial charge in [-0.1, -0.05) is 17.7 Å². The smallest absolute Gasteiger partial charge is 0.238 e. The molecular weight excluding hydrogens is 432 g/mol. The summed E-state index contributed by atoms with van der Waals surface area (Å²) < 4.78 is 27.3. The molecule has 1 aliphatic heterocycles. The van der Waals surface area contributed by atoms with E-state index in [1.165, 1.54) is 28.8 Å². The van der Waals surface area contributed by atoms with Gasteiger partial charge in [-0.15, -0.1) is 11.8 Å². The molecule has 0 radical (unpaired) electrons. The monoisotopic (exact) mass is 453 g/mol. The largest absolute Gasteiger partial charge is 0.337 e. The molecule has 0 saturated carbocycles. The highest BCUT2D eigenvalue weighted by atomic mass is 35.5. The molecule has 0 spiro atoms. The predicted octanol–water partition coefficient (Wildman–Crippen LogP) is 4.01. The quantitative estimate of drug-likeness (QED) is 0.688. The molecule has 1 heterocycles. The van der Waals surface area contributed by atoms with Gasteiger partial charge in [0.05, 0.1) is 10.9 Å². The average Bonchev–Trinajstić information content (AvgIpc) is 2.67. The zero-order valence-electron chi connectivity index (χ0n) is 16.6. The van der Waals surface area contributed by atoms with Crippen LogP contribution in [0.15, 0.2) is 41.3 Å². The minimum atomic E-state index is -0.701. The number of carbonyl (C=O) groups is 2. The number of benzene rings is 2. The van der Waals surface area contributed by atoms with Gasteiger partial charge in [-0.2, -0.15) is 0 Å². The number of anilines is 1. The Bertz CT molecular complexity index is 958. The van der Waals surface area contributed by atoms with E-state index in [0.717, 1.165) is 11.0 Å². The molecule has 0 fully saturated rings. The molecule has 1 aliphatic rings. The molecule has 0 aliphatic carbocycles. The van der Waals surface area contributed by atoms with Gasteiger partial charge < -0.3 is 15.1 Å². The molecule has 3 rings (SSSR count). The fraction of sp³-hybridized carbons (Fsp3) is 0.333. The van der Waals surface area contributed by atoms with Crippen molar-refractivity contribution in [2.75, 3.05) is 32.5 Å². The minimum Gasteiger partial charge on any atom is -0.337 e. The molecular formula is C21H22ClF2N3O2S. The Kier molecular flexibility index (Phi) is 7.33. The standard InChI is InChI=1S/C21H22ClF2N3O2S/c1-26(2)7-8-27(12-13-3-5-15(23)10-16(13)24)20(28)11-19-21(29)25-17-9-14(22)4-6-18(17)30-19/h3-6,9-10,19H,7-8,11-12H2,1-2H3,(H,25,29). The maximum absolute atomic E-state index is 14.1. The lowest BCUT2D eigenvalue weighted by Crippen LogP contribution is -2.40. The summed E-state index contributed by atoms with van der Waals surface area (Å²) in [6, 6.07) is 8.50. The van der Waals surface area contributed by atoms with E-state index in [1.807, 2.05) is 19.0 Å². The van der Waals surface area contributed by atoms with Gasteiger partial charge in [0.25, 0.3) is 0 Å². The zero-order chi connectivity index (χ0) is 21.8. The Morgan fingerprint density at radius 1 is 1.17 bits per heavy atom. The highest BCUT2D eigenvalue weighted by molar-refractivity contribution is 8.01. The maximum Gasteiger partial charge on any atom is 0.238 e. The first-order valence-electron chi connectivity index (χ1n) is 9.36.